The zero-order valence-corrected chi connectivity index (χ0v) is 12.8. The van der Waals surface area contributed by atoms with Gasteiger partial charge in [0.2, 0.25) is 0 Å². The predicted octanol–water partition coefficient (Wildman–Crippen LogP) is 2.05. The number of fused-ring (bicyclic) bond motifs is 1. The molecule has 0 aliphatic carbocycles. The van der Waals surface area contributed by atoms with Crippen molar-refractivity contribution in [3.05, 3.63) is 21.4 Å². The number of methoxy groups -OCH3 is 1. The minimum atomic E-state index is -0.848. The molecule has 0 spiro atoms. The predicted molar refractivity (Wildman–Crippen MR) is 78.2 cm³/mol. The zero-order valence-electron chi connectivity index (χ0n) is 10.4. The third kappa shape index (κ3) is 3.64. The zero-order chi connectivity index (χ0) is 13.8. The van der Waals surface area contributed by atoms with Crippen LogP contribution in [-0.4, -0.2) is 36.7 Å². The molecule has 1 aliphatic rings. The molecule has 1 amide bonds. The lowest BCUT2D eigenvalue weighted by atomic mass is 10.2. The topological polar surface area (TPSA) is 55.4 Å². The molecule has 1 N–H and O–H groups in total. The molecule has 1 aromatic heterocycles. The van der Waals surface area contributed by atoms with Gasteiger partial charge in [-0.3, -0.25) is 9.59 Å². The van der Waals surface area contributed by atoms with Crippen LogP contribution in [0.5, 0.6) is 0 Å². The second-order valence-electron chi connectivity index (χ2n) is 4.06. The number of amides is 1. The maximum atomic E-state index is 12.0. The number of rotatable bonds is 4. The maximum absolute atomic E-state index is 12.0. The molecule has 104 valence electrons. The van der Waals surface area contributed by atoms with Crippen molar-refractivity contribution in [2.75, 3.05) is 19.4 Å². The Labute approximate surface area is 124 Å². The highest BCUT2D eigenvalue weighted by Crippen LogP contribution is 2.31. The van der Waals surface area contributed by atoms with E-state index in [0.29, 0.717) is 4.88 Å². The van der Waals surface area contributed by atoms with Crippen molar-refractivity contribution in [2.45, 2.75) is 17.6 Å². The van der Waals surface area contributed by atoms with Crippen LogP contribution in [0.4, 0.5) is 0 Å². The summed E-state index contributed by atoms with van der Waals surface area (Å²) in [7, 11) is 1.27. The number of halogens is 1. The Kier molecular flexibility index (Phi) is 5.13. The van der Waals surface area contributed by atoms with Crippen molar-refractivity contribution in [2.24, 2.45) is 0 Å². The van der Waals surface area contributed by atoms with Crippen LogP contribution in [0.25, 0.3) is 0 Å². The standard InChI is InChI=1S/C12H14ClNO3S2/c1-17-12(16)8(13)5-14-11(15)10-4-7-6-18-3-2-9(7)19-10/h4,8H,2-3,5-6H2,1H3,(H,14,15). The van der Waals surface area contributed by atoms with Crippen molar-refractivity contribution >= 4 is 46.6 Å². The molecule has 0 radical (unpaired) electrons. The highest BCUT2D eigenvalue weighted by Gasteiger charge is 2.20. The molecule has 1 unspecified atom stereocenters. The van der Waals surface area contributed by atoms with Crippen molar-refractivity contribution in [1.82, 2.24) is 5.32 Å². The van der Waals surface area contributed by atoms with E-state index in [9.17, 15) is 9.59 Å². The fourth-order valence-electron chi connectivity index (χ4n) is 1.74. The van der Waals surface area contributed by atoms with Gasteiger partial charge in [-0.2, -0.15) is 11.8 Å². The van der Waals surface area contributed by atoms with E-state index in [0.717, 1.165) is 17.9 Å². The van der Waals surface area contributed by atoms with Crippen LogP contribution in [0.2, 0.25) is 0 Å². The fraction of sp³-hybridized carbons (Fsp3) is 0.500. The molecule has 1 aromatic rings. The Bertz CT molecular complexity index is 466. The molecule has 0 aromatic carbocycles. The van der Waals surface area contributed by atoms with Gasteiger partial charge in [0.05, 0.1) is 12.0 Å². The maximum Gasteiger partial charge on any atom is 0.325 e. The summed E-state index contributed by atoms with van der Waals surface area (Å²) < 4.78 is 4.49. The quantitative estimate of drug-likeness (QED) is 0.681. The van der Waals surface area contributed by atoms with Crippen molar-refractivity contribution in [3.8, 4) is 0 Å². The second-order valence-corrected chi connectivity index (χ2v) is 6.83. The van der Waals surface area contributed by atoms with Crippen LogP contribution in [0.3, 0.4) is 0 Å². The van der Waals surface area contributed by atoms with Gasteiger partial charge in [0.25, 0.3) is 5.91 Å². The first-order valence-corrected chi connectivity index (χ1v) is 8.22. The SMILES string of the molecule is COC(=O)C(Cl)CNC(=O)c1cc2c(s1)CCSC2. The first-order chi connectivity index (χ1) is 9.11. The van der Waals surface area contributed by atoms with Gasteiger partial charge in [-0.1, -0.05) is 0 Å². The summed E-state index contributed by atoms with van der Waals surface area (Å²) in [6.45, 7) is 0.0738. The van der Waals surface area contributed by atoms with Gasteiger partial charge >= 0.3 is 5.97 Å². The first kappa shape index (κ1) is 14.7. The summed E-state index contributed by atoms with van der Waals surface area (Å²) in [6, 6.07) is 1.93. The summed E-state index contributed by atoms with van der Waals surface area (Å²) in [6.07, 6.45) is 1.03. The molecule has 1 atom stereocenters. The number of carbonyl (C=O) groups is 2. The van der Waals surface area contributed by atoms with E-state index in [1.54, 1.807) is 0 Å². The van der Waals surface area contributed by atoms with Gasteiger partial charge in [0, 0.05) is 17.2 Å². The average Bonchev–Trinajstić information content (AvgIpc) is 2.87. The molecule has 2 heterocycles. The monoisotopic (exact) mass is 319 g/mol. The van der Waals surface area contributed by atoms with E-state index in [2.05, 4.69) is 10.1 Å². The Hall–Kier alpha value is -0.720. The number of thioether (sulfide) groups is 1. The first-order valence-electron chi connectivity index (χ1n) is 5.81. The molecule has 0 bridgehead atoms. The summed E-state index contributed by atoms with van der Waals surface area (Å²) >= 11 is 9.18. The lowest BCUT2D eigenvalue weighted by Crippen LogP contribution is -2.33. The molecule has 0 fully saturated rings. The molecule has 2 rings (SSSR count). The van der Waals surface area contributed by atoms with Crippen LogP contribution < -0.4 is 5.32 Å². The Morgan fingerprint density at radius 3 is 3.05 bits per heavy atom. The minimum absolute atomic E-state index is 0.0738. The number of alkyl halides is 1. The van der Waals surface area contributed by atoms with Gasteiger partial charge in [0.1, 0.15) is 5.38 Å². The summed E-state index contributed by atoms with van der Waals surface area (Å²) in [5, 5.41) is 1.81. The van der Waals surface area contributed by atoms with Crippen LogP contribution in [0, 0.1) is 0 Å². The summed E-state index contributed by atoms with van der Waals surface area (Å²) in [5.74, 6) is 1.36. The molecule has 19 heavy (non-hydrogen) atoms. The second kappa shape index (κ2) is 6.63. The number of nitrogens with one attached hydrogen (secondary N) is 1. The summed E-state index contributed by atoms with van der Waals surface area (Å²) in [5.41, 5.74) is 1.25. The smallest absolute Gasteiger partial charge is 0.325 e. The fourth-order valence-corrected chi connectivity index (χ4v) is 4.19. The molecule has 7 heteroatoms. The van der Waals surface area contributed by atoms with Crippen LogP contribution in [0.15, 0.2) is 6.07 Å². The lowest BCUT2D eigenvalue weighted by molar-refractivity contribution is -0.140. The molecule has 0 saturated heterocycles. The van der Waals surface area contributed by atoms with E-state index >= 15 is 0 Å². The van der Waals surface area contributed by atoms with Gasteiger partial charge in [-0.25, -0.2) is 0 Å². The van der Waals surface area contributed by atoms with E-state index in [1.807, 2.05) is 17.8 Å². The Balaban J connectivity index is 1.93. The molecule has 4 nitrogen and oxygen atoms in total. The largest absolute Gasteiger partial charge is 0.468 e. The van der Waals surface area contributed by atoms with E-state index in [-0.39, 0.29) is 12.5 Å². The van der Waals surface area contributed by atoms with Crippen LogP contribution in [0.1, 0.15) is 20.1 Å². The third-order valence-corrected chi connectivity index (χ3v) is 5.33. The van der Waals surface area contributed by atoms with E-state index < -0.39 is 11.3 Å². The number of esters is 1. The highest BCUT2D eigenvalue weighted by molar-refractivity contribution is 7.98. The Morgan fingerprint density at radius 1 is 1.58 bits per heavy atom. The normalized spacial score (nSPS) is 15.5. The van der Waals surface area contributed by atoms with Crippen molar-refractivity contribution in [1.29, 1.82) is 0 Å². The molecule has 0 saturated carbocycles. The van der Waals surface area contributed by atoms with Gasteiger partial charge in [-0.15, -0.1) is 22.9 Å². The number of hydrogen-bond acceptors (Lipinski definition) is 5. The lowest BCUT2D eigenvalue weighted by Gasteiger charge is -2.08. The summed E-state index contributed by atoms with van der Waals surface area (Å²) in [4.78, 5) is 25.0. The third-order valence-electron chi connectivity index (χ3n) is 2.75. The molecule has 1 aliphatic heterocycles. The van der Waals surface area contributed by atoms with Gasteiger partial charge in [0.15, 0.2) is 0 Å². The number of hydrogen-bond donors (Lipinski definition) is 1. The number of thiophene rings is 1. The number of carbonyl (C=O) groups excluding carboxylic acids is 2. The van der Waals surface area contributed by atoms with Crippen LogP contribution >= 0.6 is 34.7 Å². The molecular weight excluding hydrogens is 306 g/mol. The molecular formula is C12H14ClNO3S2. The Morgan fingerprint density at radius 2 is 2.37 bits per heavy atom. The van der Waals surface area contributed by atoms with E-state index in [1.165, 1.54) is 28.9 Å². The minimum Gasteiger partial charge on any atom is -0.468 e. The highest BCUT2D eigenvalue weighted by atomic mass is 35.5. The van der Waals surface area contributed by atoms with Gasteiger partial charge < -0.3 is 10.1 Å². The van der Waals surface area contributed by atoms with Crippen molar-refractivity contribution in [3.63, 3.8) is 0 Å². The van der Waals surface area contributed by atoms with Crippen LogP contribution in [-0.2, 0) is 21.7 Å². The average molecular weight is 320 g/mol. The van der Waals surface area contributed by atoms with Gasteiger partial charge in [-0.05, 0) is 23.8 Å². The van der Waals surface area contributed by atoms with Crippen molar-refractivity contribution < 1.29 is 14.3 Å². The number of ether oxygens (including phenoxy) is 1. The number of aryl methyl sites for hydroxylation is 1. The van der Waals surface area contributed by atoms with E-state index in [4.69, 9.17) is 11.6 Å².